The lowest BCUT2D eigenvalue weighted by molar-refractivity contribution is 0.235. The Bertz CT molecular complexity index is 377. The molecule has 0 bridgehead atoms. The lowest BCUT2D eigenvalue weighted by atomic mass is 9.93. The highest BCUT2D eigenvalue weighted by atomic mass is 16.5. The van der Waals surface area contributed by atoms with Crippen LogP contribution in [0.5, 0.6) is 5.88 Å². The van der Waals surface area contributed by atoms with Crippen LogP contribution in [0.3, 0.4) is 0 Å². The third-order valence-electron chi connectivity index (χ3n) is 1.94. The van der Waals surface area contributed by atoms with E-state index in [1.807, 2.05) is 0 Å². The fraction of sp³-hybridized carbons (Fsp3) is 0.636. The fourth-order valence-corrected chi connectivity index (χ4v) is 1.09. The predicted octanol–water partition coefficient (Wildman–Crippen LogP) is 1.89. The maximum Gasteiger partial charge on any atom is 0.254 e. The van der Waals surface area contributed by atoms with Crippen molar-refractivity contribution < 1.29 is 4.74 Å². The van der Waals surface area contributed by atoms with Crippen LogP contribution in [-0.2, 0) is 0 Å². The van der Waals surface area contributed by atoms with E-state index < -0.39 is 0 Å². The van der Waals surface area contributed by atoms with E-state index in [0.717, 1.165) is 6.42 Å². The summed E-state index contributed by atoms with van der Waals surface area (Å²) in [5.74, 6) is 0.980. The number of hydrogen-bond acceptors (Lipinski definition) is 3. The number of aromatic amines is 1. The molecule has 4 heteroatoms. The molecule has 0 fully saturated rings. The minimum Gasteiger partial charge on any atom is -0.477 e. The summed E-state index contributed by atoms with van der Waals surface area (Å²) in [7, 11) is 0. The van der Waals surface area contributed by atoms with Gasteiger partial charge in [0.15, 0.2) is 0 Å². The van der Waals surface area contributed by atoms with Crippen LogP contribution in [0.1, 0.15) is 33.0 Å². The SMILES string of the molecule is Cc1nc(OCCC(C)(C)C)cc(=O)[nH]1. The second kappa shape index (κ2) is 4.47. The van der Waals surface area contributed by atoms with Gasteiger partial charge < -0.3 is 9.72 Å². The van der Waals surface area contributed by atoms with Crippen LogP contribution in [0.4, 0.5) is 0 Å². The molecule has 0 aromatic carbocycles. The van der Waals surface area contributed by atoms with E-state index in [-0.39, 0.29) is 11.0 Å². The van der Waals surface area contributed by atoms with E-state index in [1.54, 1.807) is 6.92 Å². The van der Waals surface area contributed by atoms with Gasteiger partial charge in [-0.3, -0.25) is 4.79 Å². The Morgan fingerprint density at radius 3 is 2.67 bits per heavy atom. The highest BCUT2D eigenvalue weighted by Crippen LogP contribution is 2.18. The first-order valence-electron chi connectivity index (χ1n) is 5.08. The number of ether oxygens (including phenoxy) is 1. The monoisotopic (exact) mass is 210 g/mol. The Labute approximate surface area is 89.7 Å². The van der Waals surface area contributed by atoms with Crippen molar-refractivity contribution in [2.45, 2.75) is 34.1 Å². The van der Waals surface area contributed by atoms with Gasteiger partial charge in [-0.15, -0.1) is 0 Å². The van der Waals surface area contributed by atoms with Crippen LogP contribution >= 0.6 is 0 Å². The van der Waals surface area contributed by atoms with E-state index in [2.05, 4.69) is 30.7 Å². The second-order valence-corrected chi connectivity index (χ2v) is 4.83. The van der Waals surface area contributed by atoms with Crippen molar-refractivity contribution in [3.8, 4) is 5.88 Å². The summed E-state index contributed by atoms with van der Waals surface area (Å²) in [6, 6.07) is 1.37. The molecule has 1 N–H and O–H groups in total. The Hall–Kier alpha value is -1.32. The van der Waals surface area contributed by atoms with Crippen LogP contribution in [-0.4, -0.2) is 16.6 Å². The quantitative estimate of drug-likeness (QED) is 0.828. The molecule has 0 aliphatic carbocycles. The van der Waals surface area contributed by atoms with Gasteiger partial charge in [-0.25, -0.2) is 4.98 Å². The third-order valence-corrected chi connectivity index (χ3v) is 1.94. The molecule has 0 atom stereocenters. The zero-order valence-corrected chi connectivity index (χ0v) is 9.76. The lowest BCUT2D eigenvalue weighted by Crippen LogP contribution is -2.14. The summed E-state index contributed by atoms with van der Waals surface area (Å²) in [4.78, 5) is 17.7. The molecule has 0 unspecified atom stereocenters. The Balaban J connectivity index is 2.55. The van der Waals surface area contributed by atoms with Gasteiger partial charge in [-0.2, -0.15) is 0 Å². The molecule has 0 aliphatic rings. The van der Waals surface area contributed by atoms with E-state index in [9.17, 15) is 4.79 Å². The minimum atomic E-state index is -0.173. The van der Waals surface area contributed by atoms with Gasteiger partial charge in [0.25, 0.3) is 5.56 Å². The molecule has 1 rings (SSSR count). The first-order chi connectivity index (χ1) is 6.87. The van der Waals surface area contributed by atoms with Gasteiger partial charge in [0, 0.05) is 0 Å². The molecule has 1 aromatic rings. The van der Waals surface area contributed by atoms with E-state index in [1.165, 1.54) is 6.07 Å². The molecule has 0 saturated carbocycles. The highest BCUT2D eigenvalue weighted by Gasteiger charge is 2.10. The molecule has 1 heterocycles. The summed E-state index contributed by atoms with van der Waals surface area (Å²) in [6.07, 6.45) is 0.931. The molecule has 15 heavy (non-hydrogen) atoms. The van der Waals surface area contributed by atoms with E-state index in [0.29, 0.717) is 18.3 Å². The summed E-state index contributed by atoms with van der Waals surface area (Å²) in [5, 5.41) is 0. The topological polar surface area (TPSA) is 55.0 Å². The van der Waals surface area contributed by atoms with Gasteiger partial charge in [0.2, 0.25) is 5.88 Å². The number of rotatable bonds is 3. The summed E-state index contributed by atoms with van der Waals surface area (Å²) in [5.41, 5.74) is 0.0595. The van der Waals surface area contributed by atoms with E-state index in [4.69, 9.17) is 4.74 Å². The molecule has 84 valence electrons. The number of aromatic nitrogens is 2. The molecule has 1 aromatic heterocycles. The second-order valence-electron chi connectivity index (χ2n) is 4.83. The highest BCUT2D eigenvalue weighted by molar-refractivity contribution is 5.07. The average Bonchev–Trinajstić information content (AvgIpc) is 1.99. The average molecular weight is 210 g/mol. The summed E-state index contributed by atoms with van der Waals surface area (Å²) in [6.45, 7) is 8.75. The van der Waals surface area contributed by atoms with Gasteiger partial charge in [0.1, 0.15) is 5.82 Å². The first kappa shape index (κ1) is 11.8. The van der Waals surface area contributed by atoms with Crippen LogP contribution in [0.25, 0.3) is 0 Å². The number of nitrogens with zero attached hydrogens (tertiary/aromatic N) is 1. The maximum absolute atomic E-state index is 11.1. The van der Waals surface area contributed by atoms with Crippen LogP contribution in [0, 0.1) is 12.3 Å². The Morgan fingerprint density at radius 2 is 2.13 bits per heavy atom. The lowest BCUT2D eigenvalue weighted by Gasteiger charge is -2.17. The van der Waals surface area contributed by atoms with Crippen molar-refractivity contribution in [3.05, 3.63) is 22.2 Å². The Morgan fingerprint density at radius 1 is 1.47 bits per heavy atom. The van der Waals surface area contributed by atoms with E-state index >= 15 is 0 Å². The van der Waals surface area contributed by atoms with Crippen LogP contribution in [0.15, 0.2) is 10.9 Å². The van der Waals surface area contributed by atoms with Crippen molar-refractivity contribution in [2.75, 3.05) is 6.61 Å². The number of nitrogens with one attached hydrogen (secondary N) is 1. The van der Waals surface area contributed by atoms with Crippen molar-refractivity contribution in [2.24, 2.45) is 5.41 Å². The molecular formula is C11H18N2O2. The Kier molecular flexibility index (Phi) is 3.50. The molecule has 4 nitrogen and oxygen atoms in total. The normalized spacial score (nSPS) is 11.5. The number of aryl methyl sites for hydroxylation is 1. The van der Waals surface area contributed by atoms with Crippen LogP contribution in [0.2, 0.25) is 0 Å². The standard InChI is InChI=1S/C11H18N2O2/c1-8-12-9(14)7-10(13-8)15-6-5-11(2,3)4/h7H,5-6H2,1-4H3,(H,12,13,14). The van der Waals surface area contributed by atoms with Crippen molar-refractivity contribution in [1.29, 1.82) is 0 Å². The maximum atomic E-state index is 11.1. The minimum absolute atomic E-state index is 0.173. The molecule has 0 radical (unpaired) electrons. The third kappa shape index (κ3) is 4.63. The van der Waals surface area contributed by atoms with Crippen molar-refractivity contribution in [1.82, 2.24) is 9.97 Å². The zero-order chi connectivity index (χ0) is 11.5. The summed E-state index contributed by atoms with van der Waals surface area (Å²) >= 11 is 0. The largest absolute Gasteiger partial charge is 0.477 e. The smallest absolute Gasteiger partial charge is 0.254 e. The molecular weight excluding hydrogens is 192 g/mol. The van der Waals surface area contributed by atoms with Gasteiger partial charge >= 0.3 is 0 Å². The van der Waals surface area contributed by atoms with Gasteiger partial charge in [-0.1, -0.05) is 20.8 Å². The van der Waals surface area contributed by atoms with Gasteiger partial charge in [0.05, 0.1) is 12.7 Å². The molecule has 0 spiro atoms. The fourth-order valence-electron chi connectivity index (χ4n) is 1.09. The summed E-state index contributed by atoms with van der Waals surface area (Å²) < 4.78 is 5.41. The first-order valence-corrected chi connectivity index (χ1v) is 5.08. The predicted molar refractivity (Wildman–Crippen MR) is 59.2 cm³/mol. The van der Waals surface area contributed by atoms with Crippen molar-refractivity contribution >= 4 is 0 Å². The zero-order valence-electron chi connectivity index (χ0n) is 9.76. The number of H-pyrrole nitrogens is 1. The van der Waals surface area contributed by atoms with Crippen LogP contribution < -0.4 is 10.3 Å². The molecule has 0 amide bonds. The number of hydrogen-bond donors (Lipinski definition) is 1. The molecule has 0 aliphatic heterocycles. The van der Waals surface area contributed by atoms with Crippen molar-refractivity contribution in [3.63, 3.8) is 0 Å². The molecule has 0 saturated heterocycles. The van der Waals surface area contributed by atoms with Gasteiger partial charge in [-0.05, 0) is 18.8 Å².